The number of carbonyl (C=O) groups excluding carboxylic acids is 3. The van der Waals surface area contributed by atoms with Crippen molar-refractivity contribution in [3.8, 4) is 0 Å². The van der Waals surface area contributed by atoms with Crippen LogP contribution in [0.1, 0.15) is 31.9 Å². The molecule has 4 rings (SSSR count). The minimum absolute atomic E-state index is 0.0583. The summed E-state index contributed by atoms with van der Waals surface area (Å²) in [4.78, 5) is 45.4. The van der Waals surface area contributed by atoms with E-state index in [-0.39, 0.29) is 17.7 Å². The highest BCUT2D eigenvalue weighted by Crippen LogP contribution is 2.26. The van der Waals surface area contributed by atoms with Gasteiger partial charge in [-0.15, -0.1) is 0 Å². The zero-order valence-electron chi connectivity index (χ0n) is 20.0. The maximum atomic E-state index is 13.4. The average molecular weight is 461 g/mol. The first-order valence-electron chi connectivity index (χ1n) is 11.7. The predicted octanol–water partition coefficient (Wildman–Crippen LogP) is 2.86. The van der Waals surface area contributed by atoms with E-state index in [1.165, 1.54) is 6.92 Å². The summed E-state index contributed by atoms with van der Waals surface area (Å²) in [5.41, 5.74) is 2.32. The quantitative estimate of drug-likeness (QED) is 0.593. The first-order valence-corrected chi connectivity index (χ1v) is 11.7. The lowest BCUT2D eigenvalue weighted by atomic mass is 9.83. The third-order valence-corrected chi connectivity index (χ3v) is 6.68. The Morgan fingerprint density at radius 2 is 1.56 bits per heavy atom. The topological polar surface area (TPSA) is 85.5 Å². The van der Waals surface area contributed by atoms with Crippen LogP contribution in [0.2, 0.25) is 0 Å². The second-order valence-electron chi connectivity index (χ2n) is 9.43. The van der Waals surface area contributed by atoms with E-state index < -0.39 is 11.5 Å². The van der Waals surface area contributed by atoms with Gasteiger partial charge in [0, 0.05) is 56.6 Å². The first kappa shape index (κ1) is 23.5. The lowest BCUT2D eigenvalue weighted by molar-refractivity contribution is -0.144. The number of aromatic nitrogens is 1. The Labute approximate surface area is 200 Å². The molecular weight excluding hydrogens is 428 g/mol. The summed E-state index contributed by atoms with van der Waals surface area (Å²) in [5.74, 6) is -0.297. The van der Waals surface area contributed by atoms with Crippen LogP contribution in [0.3, 0.4) is 0 Å². The van der Waals surface area contributed by atoms with Gasteiger partial charge in [-0.3, -0.25) is 14.4 Å². The molecular formula is C27H32N4O3. The van der Waals surface area contributed by atoms with Gasteiger partial charge < -0.3 is 20.1 Å². The van der Waals surface area contributed by atoms with Crippen LogP contribution in [0, 0.1) is 0 Å². The number of H-pyrrole nitrogens is 1. The van der Waals surface area contributed by atoms with Gasteiger partial charge in [-0.2, -0.15) is 0 Å². The van der Waals surface area contributed by atoms with Crippen LogP contribution in [0.15, 0.2) is 60.8 Å². The standard InChI is InChI=1S/C27H32N4O3/c1-19(32)29-24(17-20-18-28-23-12-8-7-11-22(20)23)25(33)30-13-15-31(16-14-30)26(34)27(2,3)21-9-5-4-6-10-21/h4-12,18,24,28H,13-17H2,1-3H3,(H,29,32). The zero-order valence-corrected chi connectivity index (χ0v) is 20.0. The maximum absolute atomic E-state index is 13.4. The molecule has 1 aliphatic rings. The fraction of sp³-hybridized carbons (Fsp3) is 0.370. The number of carbonyl (C=O) groups is 3. The van der Waals surface area contributed by atoms with E-state index in [4.69, 9.17) is 0 Å². The Morgan fingerprint density at radius 3 is 2.24 bits per heavy atom. The van der Waals surface area contributed by atoms with E-state index in [9.17, 15) is 14.4 Å². The van der Waals surface area contributed by atoms with E-state index in [1.807, 2.05) is 79.5 Å². The van der Waals surface area contributed by atoms with Gasteiger partial charge in [0.25, 0.3) is 0 Å². The normalized spacial score (nSPS) is 15.3. The third kappa shape index (κ3) is 4.83. The van der Waals surface area contributed by atoms with E-state index >= 15 is 0 Å². The SMILES string of the molecule is CC(=O)NC(Cc1c[nH]c2ccccc12)C(=O)N1CCN(C(=O)C(C)(C)c2ccccc2)CC1. The Balaban J connectivity index is 1.43. The highest BCUT2D eigenvalue weighted by molar-refractivity contribution is 5.90. The van der Waals surface area contributed by atoms with Crippen molar-refractivity contribution in [3.63, 3.8) is 0 Å². The number of hydrogen-bond donors (Lipinski definition) is 2. The number of fused-ring (bicyclic) bond motifs is 1. The summed E-state index contributed by atoms with van der Waals surface area (Å²) < 4.78 is 0. The summed E-state index contributed by atoms with van der Waals surface area (Å²) in [6.45, 7) is 7.14. The predicted molar refractivity (Wildman–Crippen MR) is 132 cm³/mol. The first-order chi connectivity index (χ1) is 16.3. The average Bonchev–Trinajstić information content (AvgIpc) is 3.26. The molecule has 0 radical (unpaired) electrons. The van der Waals surface area contributed by atoms with Crippen molar-refractivity contribution >= 4 is 28.6 Å². The fourth-order valence-electron chi connectivity index (χ4n) is 4.69. The lowest BCUT2D eigenvalue weighted by Gasteiger charge is -2.39. The Kier molecular flexibility index (Phi) is 6.72. The summed E-state index contributed by atoms with van der Waals surface area (Å²) in [6, 6.07) is 17.0. The molecule has 0 aliphatic carbocycles. The van der Waals surface area contributed by atoms with Crippen molar-refractivity contribution in [1.82, 2.24) is 20.1 Å². The maximum Gasteiger partial charge on any atom is 0.245 e. The minimum Gasteiger partial charge on any atom is -0.361 e. The minimum atomic E-state index is -0.653. The molecule has 2 N–H and O–H groups in total. The van der Waals surface area contributed by atoms with Gasteiger partial charge >= 0.3 is 0 Å². The highest BCUT2D eigenvalue weighted by atomic mass is 16.2. The molecule has 0 spiro atoms. The van der Waals surface area contributed by atoms with Crippen LogP contribution in [-0.2, 0) is 26.2 Å². The molecule has 1 unspecified atom stereocenters. The van der Waals surface area contributed by atoms with Crippen molar-refractivity contribution < 1.29 is 14.4 Å². The molecule has 1 saturated heterocycles. The second-order valence-corrected chi connectivity index (χ2v) is 9.43. The van der Waals surface area contributed by atoms with Crippen molar-refractivity contribution in [2.45, 2.75) is 38.6 Å². The molecule has 2 heterocycles. The number of amides is 3. The smallest absolute Gasteiger partial charge is 0.245 e. The van der Waals surface area contributed by atoms with E-state index in [1.54, 1.807) is 4.90 Å². The molecule has 178 valence electrons. The van der Waals surface area contributed by atoms with E-state index in [0.29, 0.717) is 32.6 Å². The van der Waals surface area contributed by atoms with Gasteiger partial charge in [-0.1, -0.05) is 48.5 Å². The Bertz CT molecular complexity index is 1180. The van der Waals surface area contributed by atoms with E-state index in [0.717, 1.165) is 22.0 Å². The lowest BCUT2D eigenvalue weighted by Crippen LogP contribution is -2.58. The van der Waals surface area contributed by atoms with Crippen LogP contribution in [0.25, 0.3) is 10.9 Å². The van der Waals surface area contributed by atoms with Gasteiger partial charge in [-0.25, -0.2) is 0 Å². The van der Waals surface area contributed by atoms with Crippen LogP contribution in [0.5, 0.6) is 0 Å². The van der Waals surface area contributed by atoms with Crippen LogP contribution in [0.4, 0.5) is 0 Å². The van der Waals surface area contributed by atoms with Crippen molar-refractivity contribution in [3.05, 3.63) is 71.9 Å². The van der Waals surface area contributed by atoms with Gasteiger partial charge in [0.2, 0.25) is 17.7 Å². The van der Waals surface area contributed by atoms with Crippen LogP contribution < -0.4 is 5.32 Å². The van der Waals surface area contributed by atoms with Gasteiger partial charge in [0.15, 0.2) is 0 Å². The van der Waals surface area contributed by atoms with E-state index in [2.05, 4.69) is 10.3 Å². The Hall–Kier alpha value is -3.61. The number of nitrogens with zero attached hydrogens (tertiary/aromatic N) is 2. The summed E-state index contributed by atoms with van der Waals surface area (Å²) >= 11 is 0. The molecule has 1 atom stereocenters. The molecule has 7 heteroatoms. The number of benzene rings is 2. The summed E-state index contributed by atoms with van der Waals surface area (Å²) in [6.07, 6.45) is 2.30. The number of hydrogen-bond acceptors (Lipinski definition) is 3. The number of aromatic amines is 1. The number of nitrogens with one attached hydrogen (secondary N) is 2. The molecule has 0 saturated carbocycles. The van der Waals surface area contributed by atoms with Crippen molar-refractivity contribution in [1.29, 1.82) is 0 Å². The highest BCUT2D eigenvalue weighted by Gasteiger charge is 2.36. The van der Waals surface area contributed by atoms with Gasteiger partial charge in [-0.05, 0) is 31.0 Å². The molecule has 7 nitrogen and oxygen atoms in total. The molecule has 3 aromatic rings. The number of piperazine rings is 1. The molecule has 0 bridgehead atoms. The number of para-hydroxylation sites is 1. The van der Waals surface area contributed by atoms with Crippen LogP contribution in [-0.4, -0.2) is 64.7 Å². The monoisotopic (exact) mass is 460 g/mol. The molecule has 34 heavy (non-hydrogen) atoms. The van der Waals surface area contributed by atoms with Gasteiger partial charge in [0.1, 0.15) is 6.04 Å². The molecule has 2 aromatic carbocycles. The molecule has 1 aliphatic heterocycles. The van der Waals surface area contributed by atoms with Crippen molar-refractivity contribution in [2.75, 3.05) is 26.2 Å². The van der Waals surface area contributed by atoms with Gasteiger partial charge in [0.05, 0.1) is 5.41 Å². The fourth-order valence-corrected chi connectivity index (χ4v) is 4.69. The zero-order chi connectivity index (χ0) is 24.3. The molecule has 1 fully saturated rings. The second kappa shape index (κ2) is 9.71. The third-order valence-electron chi connectivity index (χ3n) is 6.68. The van der Waals surface area contributed by atoms with Crippen LogP contribution >= 0.6 is 0 Å². The molecule has 1 aromatic heterocycles. The largest absolute Gasteiger partial charge is 0.361 e. The van der Waals surface area contributed by atoms with Crippen molar-refractivity contribution in [2.24, 2.45) is 0 Å². The molecule has 3 amide bonds. The summed E-state index contributed by atoms with van der Waals surface area (Å²) in [7, 11) is 0. The summed E-state index contributed by atoms with van der Waals surface area (Å²) in [5, 5.41) is 3.88. The Morgan fingerprint density at radius 1 is 0.941 bits per heavy atom. The number of rotatable bonds is 6.